The fourth-order valence-corrected chi connectivity index (χ4v) is 8.24. The van der Waals surface area contributed by atoms with Crippen LogP contribution in [-0.4, -0.2) is 37.2 Å². The molecular weight excluding hydrogens is 901 g/mol. The van der Waals surface area contributed by atoms with Gasteiger partial charge in [0.2, 0.25) is 0 Å². The van der Waals surface area contributed by atoms with Crippen LogP contribution < -0.4 is 0 Å². The molecule has 0 saturated carbocycles. The third-order valence-corrected chi connectivity index (χ3v) is 12.7. The molecule has 0 heterocycles. The molecule has 0 aliphatic carbocycles. The smallest absolute Gasteiger partial charge is 0.306 e. The Kier molecular flexibility index (Phi) is 57.4. The minimum absolute atomic E-state index is 0.0972. The zero-order valence-corrected chi connectivity index (χ0v) is 47.6. The van der Waals surface area contributed by atoms with Gasteiger partial charge in [-0.2, -0.15) is 0 Å². The van der Waals surface area contributed by atoms with Crippen LogP contribution in [0.2, 0.25) is 0 Å². The van der Waals surface area contributed by atoms with Gasteiger partial charge in [-0.15, -0.1) is 0 Å². The number of ether oxygens (including phenoxy) is 3. The summed E-state index contributed by atoms with van der Waals surface area (Å²) in [5.41, 5.74) is 0. The number of hydrogen-bond acceptors (Lipinski definition) is 6. The van der Waals surface area contributed by atoms with Crippen LogP contribution in [0.25, 0.3) is 0 Å². The molecule has 73 heavy (non-hydrogen) atoms. The van der Waals surface area contributed by atoms with Crippen LogP contribution in [0.1, 0.15) is 278 Å². The van der Waals surface area contributed by atoms with Crippen LogP contribution in [-0.2, 0) is 28.6 Å². The van der Waals surface area contributed by atoms with Crippen LogP contribution in [0.4, 0.5) is 0 Å². The lowest BCUT2D eigenvalue weighted by atomic mass is 10.0. The Morgan fingerprint density at radius 2 is 0.534 bits per heavy atom. The van der Waals surface area contributed by atoms with Crippen molar-refractivity contribution in [3.8, 4) is 0 Å². The zero-order valence-electron chi connectivity index (χ0n) is 47.6. The highest BCUT2D eigenvalue weighted by Crippen LogP contribution is 2.15. The molecule has 0 aliphatic heterocycles. The Labute approximate surface area is 450 Å². The van der Waals surface area contributed by atoms with Crippen LogP contribution in [0, 0.1) is 0 Å². The Bertz CT molecular complexity index is 1490. The van der Waals surface area contributed by atoms with Gasteiger partial charge in [-0.3, -0.25) is 14.4 Å². The lowest BCUT2D eigenvalue weighted by Gasteiger charge is -2.18. The van der Waals surface area contributed by atoms with E-state index in [0.717, 1.165) is 135 Å². The Morgan fingerprint density at radius 3 is 0.849 bits per heavy atom. The summed E-state index contributed by atoms with van der Waals surface area (Å²) < 4.78 is 16.9. The van der Waals surface area contributed by atoms with Crippen molar-refractivity contribution >= 4 is 17.9 Å². The van der Waals surface area contributed by atoms with E-state index in [0.29, 0.717) is 19.3 Å². The highest BCUT2D eigenvalue weighted by molar-refractivity contribution is 5.71. The third kappa shape index (κ3) is 58.8. The summed E-state index contributed by atoms with van der Waals surface area (Å²) in [6.07, 6.45) is 82.3. The van der Waals surface area contributed by atoms with Gasteiger partial charge < -0.3 is 14.2 Å². The van der Waals surface area contributed by atoms with Crippen LogP contribution in [0.15, 0.2) is 109 Å². The van der Waals surface area contributed by atoms with E-state index in [-0.39, 0.29) is 31.1 Å². The topological polar surface area (TPSA) is 78.9 Å². The molecule has 416 valence electrons. The van der Waals surface area contributed by atoms with Crippen molar-refractivity contribution in [2.75, 3.05) is 13.2 Å². The van der Waals surface area contributed by atoms with E-state index in [1.165, 1.54) is 103 Å². The molecule has 0 radical (unpaired) electrons. The average Bonchev–Trinajstić information content (AvgIpc) is 3.39. The van der Waals surface area contributed by atoms with E-state index in [4.69, 9.17) is 14.2 Å². The Balaban J connectivity index is 4.44. The van der Waals surface area contributed by atoms with Crippen LogP contribution >= 0.6 is 0 Å². The number of rotatable bonds is 54. The van der Waals surface area contributed by atoms with Crippen LogP contribution in [0.3, 0.4) is 0 Å². The summed E-state index contributed by atoms with van der Waals surface area (Å²) in [4.78, 5) is 38.3. The standard InChI is InChI=1S/C67H112O6/c1-4-7-10-13-16-19-22-25-28-31-32-33-34-37-39-42-45-48-51-54-57-60-66(69)72-63-64(73-67(70)61-58-55-52-49-46-43-40-36-30-27-24-21-18-15-12-9-6-3)62-71-65(68)59-56-53-50-47-44-41-38-35-29-26-23-20-17-14-11-8-5-2/h8-9,11-12,17-18,20-21,25-30,38,40-41,43,64H,4-7,10,13-16,19,22-24,31-37,39,42,44-63H2,1-3H3/b11-8-,12-9-,20-17-,21-18-,28-25-,29-26-,30-27-,41-38-,43-40-/t64-/m1/s1. The second-order valence-electron chi connectivity index (χ2n) is 19.8. The van der Waals surface area contributed by atoms with Gasteiger partial charge in [0.15, 0.2) is 6.10 Å². The molecule has 0 rings (SSSR count). The predicted octanol–water partition coefficient (Wildman–Crippen LogP) is 20.7. The highest BCUT2D eigenvalue weighted by atomic mass is 16.6. The first kappa shape index (κ1) is 69.1. The zero-order chi connectivity index (χ0) is 52.9. The summed E-state index contributed by atoms with van der Waals surface area (Å²) in [6, 6.07) is 0. The van der Waals surface area contributed by atoms with Gasteiger partial charge in [0.05, 0.1) is 0 Å². The monoisotopic (exact) mass is 1010 g/mol. The maximum atomic E-state index is 12.9. The first-order valence-corrected chi connectivity index (χ1v) is 30.4. The van der Waals surface area contributed by atoms with Crippen molar-refractivity contribution in [1.29, 1.82) is 0 Å². The summed E-state index contributed by atoms with van der Waals surface area (Å²) >= 11 is 0. The molecule has 0 aromatic heterocycles. The molecule has 0 saturated heterocycles. The first-order valence-electron chi connectivity index (χ1n) is 30.4. The van der Waals surface area contributed by atoms with Gasteiger partial charge >= 0.3 is 17.9 Å². The van der Waals surface area contributed by atoms with E-state index in [1.54, 1.807) is 0 Å². The molecular formula is C67H112O6. The molecule has 0 bridgehead atoms. The van der Waals surface area contributed by atoms with Gasteiger partial charge in [0.1, 0.15) is 13.2 Å². The quantitative estimate of drug-likeness (QED) is 0.0261. The number of allylic oxidation sites excluding steroid dienone is 18. The largest absolute Gasteiger partial charge is 0.462 e. The number of hydrogen-bond donors (Lipinski definition) is 0. The SMILES string of the molecule is CC/C=C\C/C=C\C/C=C\C/C=C\CCCCCCC(=O)OC[C@H](COC(=O)CCCCCCCCCCCCC/C=C\CCCCCCCC)OC(=O)CCCCCC/C=C\C/C=C\C/C=C\C/C=C\CC. The predicted molar refractivity (Wildman–Crippen MR) is 316 cm³/mol. The molecule has 0 aromatic carbocycles. The normalized spacial score (nSPS) is 12.9. The van der Waals surface area contributed by atoms with Gasteiger partial charge in [0.25, 0.3) is 0 Å². The molecule has 0 unspecified atom stereocenters. The van der Waals surface area contributed by atoms with Crippen molar-refractivity contribution < 1.29 is 28.6 Å². The fraction of sp³-hybridized carbons (Fsp3) is 0.687. The van der Waals surface area contributed by atoms with Crippen molar-refractivity contribution in [2.45, 2.75) is 284 Å². The van der Waals surface area contributed by atoms with Gasteiger partial charge in [-0.1, -0.05) is 246 Å². The molecule has 6 heteroatoms. The second kappa shape index (κ2) is 60.6. The van der Waals surface area contributed by atoms with Crippen molar-refractivity contribution in [2.24, 2.45) is 0 Å². The molecule has 6 nitrogen and oxygen atoms in total. The van der Waals surface area contributed by atoms with Gasteiger partial charge in [-0.05, 0) is 122 Å². The number of carbonyl (C=O) groups excluding carboxylic acids is 3. The third-order valence-electron chi connectivity index (χ3n) is 12.7. The number of esters is 3. The Hall–Kier alpha value is -3.93. The Morgan fingerprint density at radius 1 is 0.288 bits per heavy atom. The maximum absolute atomic E-state index is 12.9. The summed E-state index contributed by atoms with van der Waals surface area (Å²) in [5.74, 6) is -0.942. The maximum Gasteiger partial charge on any atom is 0.306 e. The summed E-state index contributed by atoms with van der Waals surface area (Å²) in [5, 5.41) is 0. The minimum Gasteiger partial charge on any atom is -0.462 e. The van der Waals surface area contributed by atoms with E-state index in [1.807, 2.05) is 0 Å². The second-order valence-corrected chi connectivity index (χ2v) is 19.8. The molecule has 0 aliphatic rings. The molecule has 0 spiro atoms. The number of unbranched alkanes of at least 4 members (excludes halogenated alkanes) is 25. The molecule has 0 aromatic rings. The minimum atomic E-state index is -0.804. The fourth-order valence-electron chi connectivity index (χ4n) is 8.24. The molecule has 0 N–H and O–H groups in total. The lowest BCUT2D eigenvalue weighted by Crippen LogP contribution is -2.30. The van der Waals surface area contributed by atoms with E-state index < -0.39 is 6.10 Å². The van der Waals surface area contributed by atoms with Crippen molar-refractivity contribution in [3.05, 3.63) is 109 Å². The van der Waals surface area contributed by atoms with E-state index in [2.05, 4.69) is 130 Å². The molecule has 1 atom stereocenters. The average molecular weight is 1010 g/mol. The number of carbonyl (C=O) groups is 3. The van der Waals surface area contributed by atoms with E-state index in [9.17, 15) is 14.4 Å². The molecule has 0 amide bonds. The van der Waals surface area contributed by atoms with E-state index >= 15 is 0 Å². The summed E-state index contributed by atoms with van der Waals surface area (Å²) in [6.45, 7) is 6.38. The van der Waals surface area contributed by atoms with Crippen molar-refractivity contribution in [1.82, 2.24) is 0 Å². The lowest BCUT2D eigenvalue weighted by molar-refractivity contribution is -0.167. The van der Waals surface area contributed by atoms with Gasteiger partial charge in [-0.25, -0.2) is 0 Å². The summed E-state index contributed by atoms with van der Waals surface area (Å²) in [7, 11) is 0. The first-order chi connectivity index (χ1) is 36.0. The van der Waals surface area contributed by atoms with Gasteiger partial charge in [0, 0.05) is 19.3 Å². The highest BCUT2D eigenvalue weighted by Gasteiger charge is 2.19. The molecule has 0 fully saturated rings. The van der Waals surface area contributed by atoms with Crippen LogP contribution in [0.5, 0.6) is 0 Å². The van der Waals surface area contributed by atoms with Crippen molar-refractivity contribution in [3.63, 3.8) is 0 Å².